The van der Waals surface area contributed by atoms with Crippen molar-refractivity contribution in [3.05, 3.63) is 57.6 Å². The number of hydrogen-bond acceptors (Lipinski definition) is 2. The van der Waals surface area contributed by atoms with Crippen molar-refractivity contribution in [3.8, 4) is 0 Å². The molecule has 0 unspecified atom stereocenters. The fraction of sp³-hybridized carbons (Fsp3) is 0.417. The molecule has 0 fully saturated rings. The van der Waals surface area contributed by atoms with Gasteiger partial charge in [0.1, 0.15) is 0 Å². The summed E-state index contributed by atoms with van der Waals surface area (Å²) >= 11 is 0. The van der Waals surface area contributed by atoms with Crippen LogP contribution in [0.1, 0.15) is 60.1 Å². The number of aliphatic imine (C=N–C) groups is 2. The first-order chi connectivity index (χ1) is 12.3. The van der Waals surface area contributed by atoms with Gasteiger partial charge < -0.3 is 0 Å². The van der Waals surface area contributed by atoms with E-state index >= 15 is 0 Å². The SMILES string of the molecule is CCC(=Nc1c(C)cc(C)cc1C)C(CC)=Nc1c(C)cc(C)cc1C. The number of nitrogens with zero attached hydrogens (tertiary/aromatic N) is 2. The molecule has 0 amide bonds. The first-order valence-corrected chi connectivity index (χ1v) is 9.58. The molecule has 0 aliphatic carbocycles. The van der Waals surface area contributed by atoms with Gasteiger partial charge in [0.15, 0.2) is 0 Å². The molecule has 0 aromatic heterocycles. The summed E-state index contributed by atoms with van der Waals surface area (Å²) in [5, 5.41) is 0. The smallest absolute Gasteiger partial charge is 0.0692 e. The van der Waals surface area contributed by atoms with Gasteiger partial charge in [-0.15, -0.1) is 0 Å². The van der Waals surface area contributed by atoms with Crippen LogP contribution < -0.4 is 0 Å². The summed E-state index contributed by atoms with van der Waals surface area (Å²) in [6.07, 6.45) is 1.76. The Morgan fingerprint density at radius 2 is 0.846 bits per heavy atom. The molecular weight excluding hydrogens is 316 g/mol. The van der Waals surface area contributed by atoms with Crippen molar-refractivity contribution in [2.75, 3.05) is 0 Å². The van der Waals surface area contributed by atoms with E-state index in [-0.39, 0.29) is 0 Å². The predicted molar refractivity (Wildman–Crippen MR) is 116 cm³/mol. The molecule has 0 aliphatic rings. The van der Waals surface area contributed by atoms with Gasteiger partial charge in [0.2, 0.25) is 0 Å². The van der Waals surface area contributed by atoms with Crippen LogP contribution >= 0.6 is 0 Å². The van der Waals surface area contributed by atoms with Gasteiger partial charge in [-0.3, -0.25) is 9.98 Å². The Labute approximate surface area is 159 Å². The van der Waals surface area contributed by atoms with Crippen LogP contribution in [0.4, 0.5) is 11.4 Å². The summed E-state index contributed by atoms with van der Waals surface area (Å²) in [5.41, 5.74) is 11.8. The minimum absolute atomic E-state index is 0.878. The Balaban J connectivity index is 2.58. The normalized spacial score (nSPS) is 12.6. The van der Waals surface area contributed by atoms with Crippen LogP contribution in [0.5, 0.6) is 0 Å². The molecule has 26 heavy (non-hydrogen) atoms. The van der Waals surface area contributed by atoms with E-state index in [1.54, 1.807) is 0 Å². The highest BCUT2D eigenvalue weighted by Gasteiger charge is 2.11. The summed E-state index contributed by atoms with van der Waals surface area (Å²) in [6, 6.07) is 8.82. The standard InChI is InChI=1S/C24H32N2/c1-9-21(25-23-17(5)11-15(3)12-18(23)6)22(10-2)26-24-19(7)13-16(4)14-20(24)8/h11-14H,9-10H2,1-8H3. The quantitative estimate of drug-likeness (QED) is 0.510. The van der Waals surface area contributed by atoms with Crippen LogP contribution in [0.2, 0.25) is 0 Å². The Kier molecular flexibility index (Phi) is 6.52. The molecule has 0 radical (unpaired) electrons. The molecule has 0 heterocycles. The van der Waals surface area contributed by atoms with Gasteiger partial charge in [-0.1, -0.05) is 49.2 Å². The molecule has 0 N–H and O–H groups in total. The fourth-order valence-corrected chi connectivity index (χ4v) is 3.66. The predicted octanol–water partition coefficient (Wildman–Crippen LogP) is 7.20. The molecule has 2 heteroatoms. The third-order valence-electron chi connectivity index (χ3n) is 4.77. The minimum atomic E-state index is 0.878. The van der Waals surface area contributed by atoms with Gasteiger partial charge in [-0.25, -0.2) is 0 Å². The topological polar surface area (TPSA) is 24.7 Å². The molecule has 0 bridgehead atoms. The molecule has 2 rings (SSSR count). The number of rotatable bonds is 5. The van der Waals surface area contributed by atoms with Crippen molar-refractivity contribution < 1.29 is 0 Å². The van der Waals surface area contributed by atoms with Crippen molar-refractivity contribution in [1.29, 1.82) is 0 Å². The lowest BCUT2D eigenvalue weighted by atomic mass is 10.0. The van der Waals surface area contributed by atoms with Crippen LogP contribution in [0.15, 0.2) is 34.3 Å². The van der Waals surface area contributed by atoms with Crippen LogP contribution in [-0.2, 0) is 0 Å². The monoisotopic (exact) mass is 348 g/mol. The van der Waals surface area contributed by atoms with Crippen molar-refractivity contribution in [2.24, 2.45) is 9.98 Å². The average Bonchev–Trinajstić information content (AvgIpc) is 2.54. The molecule has 2 aromatic carbocycles. The molecular formula is C24H32N2. The van der Waals surface area contributed by atoms with E-state index in [9.17, 15) is 0 Å². The van der Waals surface area contributed by atoms with E-state index in [0.29, 0.717) is 0 Å². The van der Waals surface area contributed by atoms with Gasteiger partial charge in [-0.05, 0) is 76.6 Å². The van der Waals surface area contributed by atoms with Crippen molar-refractivity contribution in [1.82, 2.24) is 0 Å². The molecule has 0 atom stereocenters. The van der Waals surface area contributed by atoms with E-state index in [2.05, 4.69) is 79.7 Å². The molecule has 2 aromatic rings. The van der Waals surface area contributed by atoms with Crippen molar-refractivity contribution in [3.63, 3.8) is 0 Å². The van der Waals surface area contributed by atoms with Gasteiger partial charge in [0.05, 0.1) is 22.8 Å². The maximum atomic E-state index is 5.05. The van der Waals surface area contributed by atoms with Gasteiger partial charge in [-0.2, -0.15) is 0 Å². The van der Waals surface area contributed by atoms with Gasteiger partial charge in [0.25, 0.3) is 0 Å². The van der Waals surface area contributed by atoms with E-state index in [1.165, 1.54) is 33.4 Å². The molecule has 0 saturated carbocycles. The third kappa shape index (κ3) is 4.49. The molecule has 0 spiro atoms. The highest BCUT2D eigenvalue weighted by Crippen LogP contribution is 2.28. The zero-order valence-corrected chi connectivity index (χ0v) is 17.6. The van der Waals surface area contributed by atoms with Gasteiger partial charge in [0, 0.05) is 0 Å². The van der Waals surface area contributed by atoms with E-state index < -0.39 is 0 Å². The zero-order valence-electron chi connectivity index (χ0n) is 17.6. The van der Waals surface area contributed by atoms with E-state index in [1.807, 2.05) is 0 Å². The highest BCUT2D eigenvalue weighted by atomic mass is 14.8. The Morgan fingerprint density at radius 3 is 1.08 bits per heavy atom. The minimum Gasteiger partial charge on any atom is -0.251 e. The lowest BCUT2D eigenvalue weighted by Crippen LogP contribution is -2.12. The fourth-order valence-electron chi connectivity index (χ4n) is 3.66. The van der Waals surface area contributed by atoms with Crippen molar-refractivity contribution in [2.45, 2.75) is 68.2 Å². The Bertz CT molecular complexity index is 750. The Hall–Kier alpha value is -2.22. The summed E-state index contributed by atoms with van der Waals surface area (Å²) < 4.78 is 0. The first kappa shape index (κ1) is 20.1. The summed E-state index contributed by atoms with van der Waals surface area (Å²) in [4.78, 5) is 10.1. The molecule has 2 nitrogen and oxygen atoms in total. The van der Waals surface area contributed by atoms with Crippen LogP contribution in [-0.4, -0.2) is 11.4 Å². The summed E-state index contributed by atoms with van der Waals surface area (Å²) in [7, 11) is 0. The van der Waals surface area contributed by atoms with Crippen LogP contribution in [0, 0.1) is 41.5 Å². The summed E-state index contributed by atoms with van der Waals surface area (Å²) in [6.45, 7) is 17.2. The van der Waals surface area contributed by atoms with Crippen molar-refractivity contribution >= 4 is 22.8 Å². The molecule has 0 aliphatic heterocycles. The highest BCUT2D eigenvalue weighted by molar-refractivity contribution is 6.43. The summed E-state index contributed by atoms with van der Waals surface area (Å²) in [5.74, 6) is 0. The van der Waals surface area contributed by atoms with Crippen LogP contribution in [0.3, 0.4) is 0 Å². The number of aryl methyl sites for hydroxylation is 6. The average molecular weight is 349 g/mol. The van der Waals surface area contributed by atoms with E-state index in [0.717, 1.165) is 35.6 Å². The second-order valence-electron chi connectivity index (χ2n) is 7.32. The molecule has 138 valence electrons. The second kappa shape index (κ2) is 8.44. The third-order valence-corrected chi connectivity index (χ3v) is 4.77. The first-order valence-electron chi connectivity index (χ1n) is 9.58. The lowest BCUT2D eigenvalue weighted by Gasteiger charge is -2.13. The van der Waals surface area contributed by atoms with Gasteiger partial charge >= 0.3 is 0 Å². The lowest BCUT2D eigenvalue weighted by molar-refractivity contribution is 1.21. The van der Waals surface area contributed by atoms with E-state index in [4.69, 9.17) is 9.98 Å². The largest absolute Gasteiger partial charge is 0.251 e. The maximum absolute atomic E-state index is 5.05. The zero-order chi connectivity index (χ0) is 19.4. The second-order valence-corrected chi connectivity index (χ2v) is 7.32. The number of benzene rings is 2. The maximum Gasteiger partial charge on any atom is 0.0692 e. The number of hydrogen-bond donors (Lipinski definition) is 0. The Morgan fingerprint density at radius 1 is 0.577 bits per heavy atom. The van der Waals surface area contributed by atoms with Crippen LogP contribution in [0.25, 0.3) is 0 Å². The molecule has 0 saturated heterocycles.